The lowest BCUT2D eigenvalue weighted by Gasteiger charge is -2.50. The van der Waals surface area contributed by atoms with Crippen molar-refractivity contribution in [3.05, 3.63) is 60.2 Å². The van der Waals surface area contributed by atoms with E-state index >= 15 is 0 Å². The molecule has 1 unspecified atom stereocenters. The number of carbonyl (C=O) groups excluding carboxylic acids is 1. The molecule has 2 aromatic rings. The zero-order chi connectivity index (χ0) is 26.6. The molecule has 0 saturated carbocycles. The van der Waals surface area contributed by atoms with Crippen LogP contribution in [-0.4, -0.2) is 55.7 Å². The van der Waals surface area contributed by atoms with E-state index in [2.05, 4.69) is 35.1 Å². The molecule has 0 bridgehead atoms. The van der Waals surface area contributed by atoms with Crippen molar-refractivity contribution in [3.63, 3.8) is 0 Å². The van der Waals surface area contributed by atoms with Crippen LogP contribution in [0.15, 0.2) is 54.6 Å². The van der Waals surface area contributed by atoms with Gasteiger partial charge < -0.3 is 19.3 Å². The maximum Gasteiger partial charge on any atom is 0.410 e. The molecule has 0 aliphatic carbocycles. The summed E-state index contributed by atoms with van der Waals surface area (Å²) in [5.74, 6) is 0. The average molecular weight is 515 g/mol. The van der Waals surface area contributed by atoms with Gasteiger partial charge in [0.1, 0.15) is 10.3 Å². The third-order valence-electron chi connectivity index (χ3n) is 6.54. The lowest BCUT2D eigenvalue weighted by atomic mass is 9.76. The summed E-state index contributed by atoms with van der Waals surface area (Å²) in [5.41, 5.74) is 1.95. The minimum absolute atomic E-state index is 0.0724. The van der Waals surface area contributed by atoms with Crippen molar-refractivity contribution < 1.29 is 19.2 Å². The Morgan fingerprint density at radius 2 is 1.78 bits per heavy atom. The maximum absolute atomic E-state index is 13.4. The highest BCUT2D eigenvalue weighted by molar-refractivity contribution is 7.90. The van der Waals surface area contributed by atoms with Crippen molar-refractivity contribution in [2.45, 2.75) is 89.2 Å². The Morgan fingerprint density at radius 3 is 2.39 bits per heavy atom. The summed E-state index contributed by atoms with van der Waals surface area (Å²) in [5, 5.41) is 10.1. The molecule has 7 heteroatoms. The molecule has 1 aliphatic rings. The minimum atomic E-state index is -1.38. The predicted molar refractivity (Wildman–Crippen MR) is 147 cm³/mol. The van der Waals surface area contributed by atoms with Gasteiger partial charge in [-0.3, -0.25) is 0 Å². The molecule has 0 radical (unpaired) electrons. The SMILES string of the molecule is CC(C)(C)OC(=O)N1CCC[C@](CCO)(N[S+]([O-])C(C)(C)C)[C@H]1Cc1cccc(-c2ccccc2)c1. The zero-order valence-electron chi connectivity index (χ0n) is 22.5. The Hall–Kier alpha value is -2.06. The van der Waals surface area contributed by atoms with Gasteiger partial charge in [0.25, 0.3) is 0 Å². The maximum atomic E-state index is 13.4. The summed E-state index contributed by atoms with van der Waals surface area (Å²) in [6.07, 6.45) is 1.99. The van der Waals surface area contributed by atoms with Crippen LogP contribution in [0.2, 0.25) is 0 Å². The molecule has 2 aromatic carbocycles. The second-order valence-corrected chi connectivity index (χ2v) is 13.6. The number of hydrogen-bond donors (Lipinski definition) is 2. The summed E-state index contributed by atoms with van der Waals surface area (Å²) in [6, 6.07) is 18.2. The van der Waals surface area contributed by atoms with Crippen LogP contribution < -0.4 is 4.72 Å². The Labute approximate surface area is 219 Å². The number of aliphatic hydroxyl groups is 1. The number of nitrogens with zero attached hydrogens (tertiary/aromatic N) is 1. The fourth-order valence-corrected chi connectivity index (χ4v) is 5.78. The molecule has 1 aliphatic heterocycles. The Morgan fingerprint density at radius 1 is 1.11 bits per heavy atom. The number of aliphatic hydroxyl groups excluding tert-OH is 1. The van der Waals surface area contributed by atoms with Crippen molar-refractivity contribution in [3.8, 4) is 11.1 Å². The van der Waals surface area contributed by atoms with E-state index in [1.54, 1.807) is 4.90 Å². The van der Waals surface area contributed by atoms with Crippen LogP contribution in [0.4, 0.5) is 4.79 Å². The first kappa shape index (κ1) is 28.5. The number of likely N-dealkylation sites (tertiary alicyclic amines) is 1. The van der Waals surface area contributed by atoms with Crippen LogP contribution in [0.1, 0.15) is 66.4 Å². The van der Waals surface area contributed by atoms with Crippen molar-refractivity contribution in [2.24, 2.45) is 0 Å². The molecular formula is C29H42N2O4S. The van der Waals surface area contributed by atoms with E-state index in [1.165, 1.54) is 0 Å². The summed E-state index contributed by atoms with van der Waals surface area (Å²) < 4.78 is 22.1. The molecule has 1 fully saturated rings. The van der Waals surface area contributed by atoms with E-state index in [9.17, 15) is 14.5 Å². The third kappa shape index (κ3) is 7.25. The second-order valence-electron chi connectivity index (χ2n) is 11.7. The van der Waals surface area contributed by atoms with Crippen LogP contribution in [-0.2, 0) is 22.5 Å². The number of amides is 1. The minimum Gasteiger partial charge on any atom is -0.598 e. The number of carbonyl (C=O) groups is 1. The van der Waals surface area contributed by atoms with Gasteiger partial charge in [0, 0.05) is 24.5 Å². The third-order valence-corrected chi connectivity index (χ3v) is 8.24. The highest BCUT2D eigenvalue weighted by Crippen LogP contribution is 2.36. The average Bonchev–Trinajstić information content (AvgIpc) is 2.79. The van der Waals surface area contributed by atoms with Gasteiger partial charge in [0.15, 0.2) is 0 Å². The highest BCUT2D eigenvalue weighted by atomic mass is 32.2. The molecule has 198 valence electrons. The number of nitrogens with one attached hydrogen (secondary N) is 1. The fourth-order valence-electron chi connectivity index (χ4n) is 4.76. The van der Waals surface area contributed by atoms with Crippen LogP contribution >= 0.6 is 0 Å². The number of piperidine rings is 1. The molecule has 3 atom stereocenters. The van der Waals surface area contributed by atoms with E-state index in [4.69, 9.17) is 4.74 Å². The first-order valence-corrected chi connectivity index (χ1v) is 13.9. The first-order valence-electron chi connectivity index (χ1n) is 12.8. The Bertz CT molecular complexity index is 998. The molecule has 0 aromatic heterocycles. The number of ether oxygens (including phenoxy) is 1. The topological polar surface area (TPSA) is 84.9 Å². The molecule has 1 amide bonds. The van der Waals surface area contributed by atoms with E-state index in [-0.39, 0.29) is 18.7 Å². The molecule has 0 spiro atoms. The molecule has 36 heavy (non-hydrogen) atoms. The highest BCUT2D eigenvalue weighted by Gasteiger charge is 2.51. The largest absolute Gasteiger partial charge is 0.598 e. The van der Waals surface area contributed by atoms with Crippen molar-refractivity contribution in [1.29, 1.82) is 0 Å². The number of benzene rings is 2. The quantitative estimate of drug-likeness (QED) is 0.479. The summed E-state index contributed by atoms with van der Waals surface area (Å²) in [4.78, 5) is 15.2. The van der Waals surface area contributed by atoms with Crippen LogP contribution in [0.25, 0.3) is 11.1 Å². The lowest BCUT2D eigenvalue weighted by Crippen LogP contribution is -2.68. The van der Waals surface area contributed by atoms with Crippen LogP contribution in [0.3, 0.4) is 0 Å². The van der Waals surface area contributed by atoms with Gasteiger partial charge in [0.05, 0.1) is 11.6 Å². The van der Waals surface area contributed by atoms with Gasteiger partial charge in [-0.2, -0.15) is 0 Å². The van der Waals surface area contributed by atoms with E-state index < -0.39 is 27.2 Å². The van der Waals surface area contributed by atoms with Gasteiger partial charge in [-0.05, 0) is 83.9 Å². The molecule has 1 heterocycles. The normalized spacial score (nSPS) is 21.8. The monoisotopic (exact) mass is 514 g/mol. The van der Waals surface area contributed by atoms with E-state index in [0.29, 0.717) is 25.8 Å². The van der Waals surface area contributed by atoms with Gasteiger partial charge in [-0.15, -0.1) is 4.72 Å². The standard InChI is InChI=1S/C29H42N2O4S/c1-27(2,3)35-26(33)31-18-11-16-29(17-19-32,30-36(34)28(4,5)6)25(31)21-22-12-10-15-24(20-22)23-13-8-7-9-14-23/h7-10,12-15,20,25,30,32H,11,16-19,21H2,1-6H3/t25-,29-,36?/m1/s1. The van der Waals surface area contributed by atoms with Gasteiger partial charge in [-0.1, -0.05) is 54.6 Å². The molecule has 3 rings (SSSR count). The lowest BCUT2D eigenvalue weighted by molar-refractivity contribution is -0.0116. The summed E-state index contributed by atoms with van der Waals surface area (Å²) in [6.45, 7) is 11.8. The second kappa shape index (κ2) is 11.5. The predicted octanol–water partition coefficient (Wildman–Crippen LogP) is 5.47. The first-order chi connectivity index (χ1) is 16.8. The van der Waals surface area contributed by atoms with Crippen molar-refractivity contribution in [2.75, 3.05) is 13.2 Å². The fraction of sp³-hybridized carbons (Fsp3) is 0.552. The van der Waals surface area contributed by atoms with E-state index in [0.717, 1.165) is 23.1 Å². The number of hydrogen-bond acceptors (Lipinski definition) is 5. The molecule has 1 saturated heterocycles. The van der Waals surface area contributed by atoms with Crippen LogP contribution in [0.5, 0.6) is 0 Å². The smallest absolute Gasteiger partial charge is 0.410 e. The Kier molecular flexibility index (Phi) is 9.15. The molecular weight excluding hydrogens is 472 g/mol. The Balaban J connectivity index is 2.03. The van der Waals surface area contributed by atoms with Gasteiger partial charge in [-0.25, -0.2) is 4.79 Å². The van der Waals surface area contributed by atoms with Crippen molar-refractivity contribution in [1.82, 2.24) is 9.62 Å². The summed E-state index contributed by atoms with van der Waals surface area (Å²) in [7, 11) is 0. The molecule has 2 N–H and O–H groups in total. The van der Waals surface area contributed by atoms with Gasteiger partial charge in [0.2, 0.25) is 0 Å². The van der Waals surface area contributed by atoms with Crippen LogP contribution in [0, 0.1) is 0 Å². The molecule has 6 nitrogen and oxygen atoms in total. The zero-order valence-corrected chi connectivity index (χ0v) is 23.4. The number of rotatable bonds is 7. The summed E-state index contributed by atoms with van der Waals surface area (Å²) >= 11 is -1.38. The van der Waals surface area contributed by atoms with Crippen molar-refractivity contribution >= 4 is 17.5 Å². The van der Waals surface area contributed by atoms with Gasteiger partial charge >= 0.3 is 6.09 Å². The van der Waals surface area contributed by atoms with E-state index in [1.807, 2.05) is 65.8 Å².